The zero-order valence-corrected chi connectivity index (χ0v) is 9.86. The van der Waals surface area contributed by atoms with E-state index in [1.165, 1.54) is 19.4 Å². The molecule has 0 amide bonds. The molecule has 0 bridgehead atoms. The van der Waals surface area contributed by atoms with Gasteiger partial charge >= 0.3 is 0 Å². The minimum atomic E-state index is 0.538. The maximum Gasteiger partial charge on any atom is 0.0110 e. The van der Waals surface area contributed by atoms with E-state index in [2.05, 4.69) is 36.7 Å². The molecule has 0 aliphatic heterocycles. The Morgan fingerprint density at radius 1 is 1.57 bits per heavy atom. The lowest BCUT2D eigenvalue weighted by Crippen LogP contribution is -2.20. The lowest BCUT2D eigenvalue weighted by atomic mass is 9.98. The van der Waals surface area contributed by atoms with Crippen molar-refractivity contribution in [2.24, 2.45) is 5.92 Å². The predicted octanol–water partition coefficient (Wildman–Crippen LogP) is 3.03. The highest BCUT2D eigenvalue weighted by Crippen LogP contribution is 2.57. The predicted molar refractivity (Wildman–Crippen MR) is 62.9 cm³/mol. The van der Waals surface area contributed by atoms with Crippen molar-refractivity contribution in [2.75, 3.05) is 13.1 Å². The molecule has 0 aromatic carbocycles. The van der Waals surface area contributed by atoms with E-state index >= 15 is 0 Å². The fourth-order valence-electron chi connectivity index (χ4n) is 2.44. The fourth-order valence-corrected chi connectivity index (χ4v) is 3.53. The summed E-state index contributed by atoms with van der Waals surface area (Å²) in [6, 6.07) is 4.49. The topological polar surface area (TPSA) is 12.0 Å². The van der Waals surface area contributed by atoms with Gasteiger partial charge in [-0.05, 0) is 43.3 Å². The van der Waals surface area contributed by atoms with Gasteiger partial charge in [0.1, 0.15) is 0 Å². The summed E-state index contributed by atoms with van der Waals surface area (Å²) in [5.74, 6) is 0.881. The van der Waals surface area contributed by atoms with E-state index in [9.17, 15) is 0 Å². The van der Waals surface area contributed by atoms with Crippen LogP contribution < -0.4 is 5.32 Å². The maximum atomic E-state index is 3.47. The van der Waals surface area contributed by atoms with Crippen LogP contribution in [0.2, 0.25) is 0 Å². The molecule has 14 heavy (non-hydrogen) atoms. The van der Waals surface area contributed by atoms with Crippen LogP contribution in [0.15, 0.2) is 17.5 Å². The Labute approximate surface area is 90.5 Å². The van der Waals surface area contributed by atoms with Crippen molar-refractivity contribution in [1.29, 1.82) is 0 Å². The molecule has 1 heterocycles. The molecule has 1 aliphatic carbocycles. The number of hydrogen-bond acceptors (Lipinski definition) is 2. The van der Waals surface area contributed by atoms with Crippen molar-refractivity contribution in [3.63, 3.8) is 0 Å². The molecule has 1 saturated carbocycles. The summed E-state index contributed by atoms with van der Waals surface area (Å²) >= 11 is 1.93. The molecular formula is C12H19NS. The molecule has 2 unspecified atom stereocenters. The van der Waals surface area contributed by atoms with Gasteiger partial charge in [0.15, 0.2) is 0 Å². The van der Waals surface area contributed by atoms with Gasteiger partial charge in [-0.15, -0.1) is 11.3 Å². The molecule has 1 nitrogen and oxygen atoms in total. The van der Waals surface area contributed by atoms with Crippen LogP contribution in [0.3, 0.4) is 0 Å². The molecular weight excluding hydrogens is 190 g/mol. The highest BCUT2D eigenvalue weighted by atomic mass is 32.1. The van der Waals surface area contributed by atoms with Gasteiger partial charge in [-0.3, -0.25) is 0 Å². The minimum Gasteiger partial charge on any atom is -0.317 e. The second kappa shape index (κ2) is 4.03. The average Bonchev–Trinajstić information content (AvgIpc) is 2.66. The van der Waals surface area contributed by atoms with Crippen molar-refractivity contribution >= 4 is 11.3 Å². The van der Waals surface area contributed by atoms with Gasteiger partial charge in [-0.25, -0.2) is 0 Å². The highest BCUT2D eigenvalue weighted by molar-refractivity contribution is 7.10. The Hall–Kier alpha value is -0.340. The Bertz CT molecular complexity index is 281. The molecule has 1 fully saturated rings. The molecule has 2 atom stereocenters. The normalized spacial score (nSPS) is 30.6. The van der Waals surface area contributed by atoms with Crippen molar-refractivity contribution in [3.8, 4) is 0 Å². The first kappa shape index (κ1) is 10.2. The maximum absolute atomic E-state index is 3.47. The molecule has 1 aromatic rings. The van der Waals surface area contributed by atoms with Crippen LogP contribution in [0, 0.1) is 5.92 Å². The van der Waals surface area contributed by atoms with Crippen molar-refractivity contribution < 1.29 is 0 Å². The largest absolute Gasteiger partial charge is 0.317 e. The minimum absolute atomic E-state index is 0.538. The summed E-state index contributed by atoms with van der Waals surface area (Å²) in [6.07, 6.45) is 2.68. The average molecular weight is 209 g/mol. The van der Waals surface area contributed by atoms with Crippen LogP contribution >= 0.6 is 11.3 Å². The lowest BCUT2D eigenvalue weighted by molar-refractivity contribution is 0.553. The summed E-state index contributed by atoms with van der Waals surface area (Å²) in [5.41, 5.74) is 0.538. The summed E-state index contributed by atoms with van der Waals surface area (Å²) in [5, 5.41) is 5.67. The highest BCUT2D eigenvalue weighted by Gasteiger charge is 2.53. The zero-order chi connectivity index (χ0) is 10.0. The summed E-state index contributed by atoms with van der Waals surface area (Å²) in [4.78, 5) is 1.60. The third-order valence-corrected chi connectivity index (χ3v) is 4.61. The van der Waals surface area contributed by atoms with E-state index in [0.717, 1.165) is 12.5 Å². The SMILES string of the molecule is CCNCC1CC1(CC)c1cccs1. The molecule has 1 aliphatic rings. The van der Waals surface area contributed by atoms with Crippen LogP contribution in [0.5, 0.6) is 0 Å². The number of rotatable bonds is 5. The van der Waals surface area contributed by atoms with Crippen LogP contribution in [-0.4, -0.2) is 13.1 Å². The molecule has 78 valence electrons. The van der Waals surface area contributed by atoms with Crippen molar-refractivity contribution in [3.05, 3.63) is 22.4 Å². The van der Waals surface area contributed by atoms with Crippen LogP contribution in [-0.2, 0) is 5.41 Å². The third-order valence-electron chi connectivity index (χ3n) is 3.52. The third kappa shape index (κ3) is 1.61. The Morgan fingerprint density at radius 3 is 3.00 bits per heavy atom. The Morgan fingerprint density at radius 2 is 2.43 bits per heavy atom. The number of nitrogens with one attached hydrogen (secondary N) is 1. The van der Waals surface area contributed by atoms with E-state index in [4.69, 9.17) is 0 Å². The molecule has 1 N–H and O–H groups in total. The summed E-state index contributed by atoms with van der Waals surface area (Å²) in [7, 11) is 0. The van der Waals surface area contributed by atoms with Crippen LogP contribution in [0.1, 0.15) is 31.6 Å². The Balaban J connectivity index is 2.01. The van der Waals surface area contributed by atoms with Crippen molar-refractivity contribution in [1.82, 2.24) is 5.32 Å². The van der Waals surface area contributed by atoms with Gasteiger partial charge < -0.3 is 5.32 Å². The first-order valence-electron chi connectivity index (χ1n) is 5.58. The monoisotopic (exact) mass is 209 g/mol. The van der Waals surface area contributed by atoms with E-state index in [-0.39, 0.29) is 0 Å². The van der Waals surface area contributed by atoms with E-state index in [1.807, 2.05) is 11.3 Å². The van der Waals surface area contributed by atoms with E-state index < -0.39 is 0 Å². The standard InChI is InChI=1S/C12H19NS/c1-3-12(11-6-5-7-14-11)8-10(12)9-13-4-2/h5-7,10,13H,3-4,8-9H2,1-2H3. The van der Waals surface area contributed by atoms with Gasteiger partial charge in [0.05, 0.1) is 0 Å². The molecule has 0 radical (unpaired) electrons. The van der Waals surface area contributed by atoms with Gasteiger partial charge in [-0.2, -0.15) is 0 Å². The lowest BCUT2D eigenvalue weighted by Gasteiger charge is -2.13. The van der Waals surface area contributed by atoms with Crippen LogP contribution in [0.4, 0.5) is 0 Å². The molecule has 2 rings (SSSR count). The smallest absolute Gasteiger partial charge is 0.0110 e. The Kier molecular flexibility index (Phi) is 2.93. The first-order chi connectivity index (χ1) is 6.83. The molecule has 2 heteroatoms. The number of thiophene rings is 1. The zero-order valence-electron chi connectivity index (χ0n) is 9.05. The summed E-state index contributed by atoms with van der Waals surface area (Å²) in [6.45, 7) is 6.80. The van der Waals surface area contributed by atoms with E-state index in [0.29, 0.717) is 5.41 Å². The molecule has 1 aromatic heterocycles. The molecule has 0 spiro atoms. The molecule has 0 saturated heterocycles. The van der Waals surface area contributed by atoms with Gasteiger partial charge in [0, 0.05) is 10.3 Å². The van der Waals surface area contributed by atoms with Crippen LogP contribution in [0.25, 0.3) is 0 Å². The van der Waals surface area contributed by atoms with Gasteiger partial charge in [-0.1, -0.05) is 19.9 Å². The fraction of sp³-hybridized carbons (Fsp3) is 0.667. The second-order valence-corrected chi connectivity index (χ2v) is 5.14. The first-order valence-corrected chi connectivity index (χ1v) is 6.46. The van der Waals surface area contributed by atoms with E-state index in [1.54, 1.807) is 4.88 Å². The second-order valence-electron chi connectivity index (χ2n) is 4.20. The summed E-state index contributed by atoms with van der Waals surface area (Å²) < 4.78 is 0. The number of hydrogen-bond donors (Lipinski definition) is 1. The van der Waals surface area contributed by atoms with Gasteiger partial charge in [0.2, 0.25) is 0 Å². The quantitative estimate of drug-likeness (QED) is 0.786. The van der Waals surface area contributed by atoms with Crippen molar-refractivity contribution in [2.45, 2.75) is 32.1 Å². The van der Waals surface area contributed by atoms with Gasteiger partial charge in [0.25, 0.3) is 0 Å².